The van der Waals surface area contributed by atoms with Crippen molar-refractivity contribution in [2.45, 2.75) is 12.8 Å². The molecule has 0 bridgehead atoms. The van der Waals surface area contributed by atoms with Gasteiger partial charge in [-0.2, -0.15) is 0 Å². The molecule has 0 spiro atoms. The minimum atomic E-state index is 0.0129. The van der Waals surface area contributed by atoms with Crippen LogP contribution in [0.15, 0.2) is 54.9 Å². The van der Waals surface area contributed by atoms with Gasteiger partial charge in [-0.25, -0.2) is 4.98 Å². The van der Waals surface area contributed by atoms with Gasteiger partial charge in [-0.3, -0.25) is 4.79 Å². The molecule has 5 nitrogen and oxygen atoms in total. The second kappa shape index (κ2) is 6.96. The molecule has 1 aromatic carbocycles. The molecular formula is C18H19N3O2. The molecule has 0 aliphatic carbocycles. The minimum absolute atomic E-state index is 0.0129. The van der Waals surface area contributed by atoms with E-state index in [4.69, 9.17) is 4.74 Å². The number of carbonyl (C=O) groups is 1. The van der Waals surface area contributed by atoms with E-state index in [0.29, 0.717) is 13.0 Å². The Hall–Kier alpha value is -2.82. The highest BCUT2D eigenvalue weighted by molar-refractivity contribution is 5.78. The van der Waals surface area contributed by atoms with E-state index in [-0.39, 0.29) is 5.91 Å². The molecule has 1 N–H and O–H groups in total. The predicted molar refractivity (Wildman–Crippen MR) is 88.6 cm³/mol. The maximum atomic E-state index is 12.0. The second-order valence-corrected chi connectivity index (χ2v) is 5.32. The van der Waals surface area contributed by atoms with Crippen molar-refractivity contribution in [1.29, 1.82) is 0 Å². The molecule has 1 amide bonds. The van der Waals surface area contributed by atoms with Gasteiger partial charge < -0.3 is 14.5 Å². The number of benzene rings is 1. The molecule has 0 atom stereocenters. The van der Waals surface area contributed by atoms with Crippen LogP contribution in [0, 0.1) is 0 Å². The molecule has 0 saturated heterocycles. The largest absolute Gasteiger partial charge is 0.497 e. The van der Waals surface area contributed by atoms with Crippen LogP contribution in [0.4, 0.5) is 0 Å². The zero-order chi connectivity index (χ0) is 16.1. The van der Waals surface area contributed by atoms with Gasteiger partial charge in [-0.05, 0) is 29.8 Å². The Morgan fingerprint density at radius 2 is 2.04 bits per heavy atom. The van der Waals surface area contributed by atoms with E-state index in [1.54, 1.807) is 7.11 Å². The van der Waals surface area contributed by atoms with Crippen molar-refractivity contribution in [3.05, 3.63) is 66.1 Å². The van der Waals surface area contributed by atoms with Crippen LogP contribution in [0.25, 0.3) is 5.65 Å². The molecule has 5 heteroatoms. The normalized spacial score (nSPS) is 10.7. The molecule has 3 aromatic rings. The molecule has 0 aliphatic heterocycles. The highest BCUT2D eigenvalue weighted by Gasteiger charge is 2.05. The summed E-state index contributed by atoms with van der Waals surface area (Å²) in [5, 5.41) is 2.93. The maximum Gasteiger partial charge on any atom is 0.224 e. The van der Waals surface area contributed by atoms with Gasteiger partial charge in [-0.15, -0.1) is 0 Å². The Morgan fingerprint density at radius 3 is 2.78 bits per heavy atom. The van der Waals surface area contributed by atoms with Gasteiger partial charge >= 0.3 is 0 Å². The summed E-state index contributed by atoms with van der Waals surface area (Å²) in [6.45, 7) is 0.582. The summed E-state index contributed by atoms with van der Waals surface area (Å²) in [5.41, 5.74) is 2.86. The fourth-order valence-corrected chi connectivity index (χ4v) is 2.43. The molecule has 2 heterocycles. The molecule has 0 fully saturated rings. The lowest BCUT2D eigenvalue weighted by molar-refractivity contribution is -0.120. The fraction of sp³-hybridized carbons (Fsp3) is 0.222. The van der Waals surface area contributed by atoms with Gasteiger partial charge in [-0.1, -0.05) is 18.2 Å². The van der Waals surface area contributed by atoms with Gasteiger partial charge in [0.1, 0.15) is 11.4 Å². The number of hydrogen-bond acceptors (Lipinski definition) is 3. The number of aromatic nitrogens is 2. The maximum absolute atomic E-state index is 12.0. The molecule has 0 saturated carbocycles. The smallest absolute Gasteiger partial charge is 0.224 e. The Kier molecular flexibility index (Phi) is 4.57. The number of carbonyl (C=O) groups excluding carboxylic acids is 1. The van der Waals surface area contributed by atoms with E-state index in [1.807, 2.05) is 59.3 Å². The van der Waals surface area contributed by atoms with Crippen molar-refractivity contribution in [3.63, 3.8) is 0 Å². The first kappa shape index (κ1) is 15.1. The molecule has 3 rings (SSSR count). The molecular weight excluding hydrogens is 290 g/mol. The van der Waals surface area contributed by atoms with Gasteiger partial charge in [0.05, 0.1) is 19.2 Å². The third kappa shape index (κ3) is 3.88. The van der Waals surface area contributed by atoms with Crippen LogP contribution < -0.4 is 10.1 Å². The second-order valence-electron chi connectivity index (χ2n) is 5.32. The lowest BCUT2D eigenvalue weighted by atomic mass is 10.1. The summed E-state index contributed by atoms with van der Waals surface area (Å²) >= 11 is 0. The third-order valence-corrected chi connectivity index (χ3v) is 3.64. The van der Waals surface area contributed by atoms with E-state index in [0.717, 1.165) is 29.1 Å². The zero-order valence-corrected chi connectivity index (χ0v) is 13.0. The topological polar surface area (TPSA) is 55.6 Å². The minimum Gasteiger partial charge on any atom is -0.497 e. The summed E-state index contributed by atoms with van der Waals surface area (Å²) in [4.78, 5) is 16.5. The van der Waals surface area contributed by atoms with E-state index in [1.165, 1.54) is 0 Å². The Balaban J connectivity index is 1.48. The molecule has 0 unspecified atom stereocenters. The predicted octanol–water partition coefficient (Wildman–Crippen LogP) is 2.24. The van der Waals surface area contributed by atoms with Gasteiger partial charge in [0.15, 0.2) is 0 Å². The first-order valence-electron chi connectivity index (χ1n) is 7.57. The van der Waals surface area contributed by atoms with Crippen LogP contribution in [-0.4, -0.2) is 28.9 Å². The van der Waals surface area contributed by atoms with Crippen LogP contribution in [0.5, 0.6) is 5.75 Å². The SMILES string of the molecule is COc1ccc(CC(=O)NCCc2cn3ccccc3n2)cc1. The number of fused-ring (bicyclic) bond motifs is 1. The number of nitrogens with one attached hydrogen (secondary N) is 1. The quantitative estimate of drug-likeness (QED) is 0.760. The average molecular weight is 309 g/mol. The van der Waals surface area contributed by atoms with Crippen molar-refractivity contribution in [2.75, 3.05) is 13.7 Å². The first-order valence-corrected chi connectivity index (χ1v) is 7.57. The number of nitrogens with zero attached hydrogens (tertiary/aromatic N) is 2. The van der Waals surface area contributed by atoms with Crippen LogP contribution in [0.1, 0.15) is 11.3 Å². The number of methoxy groups -OCH3 is 1. The van der Waals surface area contributed by atoms with Crippen molar-refractivity contribution < 1.29 is 9.53 Å². The van der Waals surface area contributed by atoms with E-state index in [9.17, 15) is 4.79 Å². The number of hydrogen-bond donors (Lipinski definition) is 1. The first-order chi connectivity index (χ1) is 11.2. The van der Waals surface area contributed by atoms with E-state index >= 15 is 0 Å². The third-order valence-electron chi connectivity index (χ3n) is 3.64. The highest BCUT2D eigenvalue weighted by atomic mass is 16.5. The van der Waals surface area contributed by atoms with E-state index in [2.05, 4.69) is 10.3 Å². The average Bonchev–Trinajstić information content (AvgIpc) is 2.98. The van der Waals surface area contributed by atoms with Crippen LogP contribution in [-0.2, 0) is 17.6 Å². The summed E-state index contributed by atoms with van der Waals surface area (Å²) in [6, 6.07) is 13.4. The van der Waals surface area contributed by atoms with E-state index < -0.39 is 0 Å². The number of pyridine rings is 1. The van der Waals surface area contributed by atoms with Crippen molar-refractivity contribution in [1.82, 2.24) is 14.7 Å². The Morgan fingerprint density at radius 1 is 1.22 bits per heavy atom. The van der Waals surface area contributed by atoms with Crippen LogP contribution >= 0.6 is 0 Å². The summed E-state index contributed by atoms with van der Waals surface area (Å²) in [6.07, 6.45) is 5.05. The lowest BCUT2D eigenvalue weighted by Crippen LogP contribution is -2.27. The summed E-state index contributed by atoms with van der Waals surface area (Å²) < 4.78 is 7.08. The highest BCUT2D eigenvalue weighted by Crippen LogP contribution is 2.11. The van der Waals surface area contributed by atoms with Crippen molar-refractivity contribution in [3.8, 4) is 5.75 Å². The number of rotatable bonds is 6. The standard InChI is InChI=1S/C18H19N3O2/c1-23-16-7-5-14(6-8-16)12-18(22)19-10-9-15-13-21-11-3-2-4-17(21)20-15/h2-8,11,13H,9-10,12H2,1H3,(H,19,22). The molecule has 118 valence electrons. The Labute approximate surface area is 134 Å². The number of imidazole rings is 1. The number of ether oxygens (including phenoxy) is 1. The van der Waals surface area contributed by atoms with Crippen molar-refractivity contribution >= 4 is 11.6 Å². The van der Waals surface area contributed by atoms with Crippen LogP contribution in [0.2, 0.25) is 0 Å². The zero-order valence-electron chi connectivity index (χ0n) is 13.0. The molecule has 0 radical (unpaired) electrons. The lowest BCUT2D eigenvalue weighted by Gasteiger charge is -2.05. The van der Waals surface area contributed by atoms with Gasteiger partial charge in [0.2, 0.25) is 5.91 Å². The molecule has 2 aromatic heterocycles. The van der Waals surface area contributed by atoms with Crippen molar-refractivity contribution in [2.24, 2.45) is 0 Å². The fourth-order valence-electron chi connectivity index (χ4n) is 2.43. The van der Waals surface area contributed by atoms with Gasteiger partial charge in [0, 0.05) is 25.4 Å². The van der Waals surface area contributed by atoms with Crippen LogP contribution in [0.3, 0.4) is 0 Å². The monoisotopic (exact) mass is 309 g/mol. The van der Waals surface area contributed by atoms with Gasteiger partial charge in [0.25, 0.3) is 0 Å². The number of amides is 1. The Bertz CT molecular complexity index is 760. The molecule has 23 heavy (non-hydrogen) atoms. The molecule has 0 aliphatic rings. The summed E-state index contributed by atoms with van der Waals surface area (Å²) in [5.74, 6) is 0.805. The summed E-state index contributed by atoms with van der Waals surface area (Å²) in [7, 11) is 1.63.